The summed E-state index contributed by atoms with van der Waals surface area (Å²) < 4.78 is 37.7. The SMILES string of the molecule is Cl.OC(COc1ccc(Cl)cc1)CN1CCOC(c2ccc(F)c(F)c2)C1. The van der Waals surface area contributed by atoms with Crippen LogP contribution in [-0.4, -0.2) is 49.0 Å². The van der Waals surface area contributed by atoms with Crippen LogP contribution in [0.25, 0.3) is 0 Å². The highest BCUT2D eigenvalue weighted by atomic mass is 35.5. The normalized spacial score (nSPS) is 18.6. The Hall–Kier alpha value is -1.44. The second-order valence-corrected chi connectivity index (χ2v) is 6.65. The van der Waals surface area contributed by atoms with Gasteiger partial charge in [-0.3, -0.25) is 4.90 Å². The maximum atomic E-state index is 13.4. The van der Waals surface area contributed by atoms with E-state index < -0.39 is 17.7 Å². The summed E-state index contributed by atoms with van der Waals surface area (Å²) >= 11 is 5.82. The van der Waals surface area contributed by atoms with Crippen molar-refractivity contribution in [3.8, 4) is 5.75 Å². The zero-order valence-electron chi connectivity index (χ0n) is 14.5. The van der Waals surface area contributed by atoms with Gasteiger partial charge < -0.3 is 14.6 Å². The Kier molecular flexibility index (Phi) is 8.26. The number of ether oxygens (including phenoxy) is 2. The predicted molar refractivity (Wildman–Crippen MR) is 102 cm³/mol. The van der Waals surface area contributed by atoms with E-state index in [2.05, 4.69) is 0 Å². The summed E-state index contributed by atoms with van der Waals surface area (Å²) in [6.07, 6.45) is -1.04. The van der Waals surface area contributed by atoms with E-state index in [1.54, 1.807) is 24.3 Å². The number of morpholine rings is 1. The van der Waals surface area contributed by atoms with Crippen molar-refractivity contribution < 1.29 is 23.4 Å². The van der Waals surface area contributed by atoms with Crippen LogP contribution in [0.2, 0.25) is 5.02 Å². The number of hydrogen-bond donors (Lipinski definition) is 1. The highest BCUT2D eigenvalue weighted by molar-refractivity contribution is 6.30. The molecule has 3 rings (SSSR count). The van der Waals surface area contributed by atoms with Crippen molar-refractivity contribution in [1.29, 1.82) is 0 Å². The van der Waals surface area contributed by atoms with E-state index in [-0.39, 0.29) is 25.1 Å². The van der Waals surface area contributed by atoms with Gasteiger partial charge >= 0.3 is 0 Å². The minimum atomic E-state index is -0.889. The Morgan fingerprint density at radius 2 is 1.93 bits per heavy atom. The summed E-state index contributed by atoms with van der Waals surface area (Å²) in [6.45, 7) is 2.14. The molecule has 2 atom stereocenters. The quantitative estimate of drug-likeness (QED) is 0.771. The maximum absolute atomic E-state index is 13.4. The van der Waals surface area contributed by atoms with Crippen LogP contribution in [0.5, 0.6) is 5.75 Å². The van der Waals surface area contributed by atoms with Crippen molar-refractivity contribution in [2.45, 2.75) is 12.2 Å². The van der Waals surface area contributed by atoms with Crippen LogP contribution in [-0.2, 0) is 4.74 Å². The topological polar surface area (TPSA) is 41.9 Å². The molecule has 1 aliphatic heterocycles. The third-order valence-corrected chi connectivity index (χ3v) is 4.44. The molecule has 0 aromatic heterocycles. The molecule has 0 spiro atoms. The largest absolute Gasteiger partial charge is 0.491 e. The summed E-state index contributed by atoms with van der Waals surface area (Å²) in [5.41, 5.74) is 0.584. The van der Waals surface area contributed by atoms with Gasteiger partial charge in [0.15, 0.2) is 11.6 Å². The molecule has 148 valence electrons. The van der Waals surface area contributed by atoms with Crippen molar-refractivity contribution in [3.63, 3.8) is 0 Å². The number of aliphatic hydroxyl groups excluding tert-OH is 1. The molecule has 8 heteroatoms. The third-order valence-electron chi connectivity index (χ3n) is 4.19. The second-order valence-electron chi connectivity index (χ2n) is 6.21. The molecule has 0 bridgehead atoms. The molecule has 27 heavy (non-hydrogen) atoms. The second kappa shape index (κ2) is 10.2. The molecule has 0 aliphatic carbocycles. The molecule has 2 unspecified atom stereocenters. The molecular formula is C19H21Cl2F2NO3. The molecule has 1 aliphatic rings. The van der Waals surface area contributed by atoms with Gasteiger partial charge in [0.1, 0.15) is 18.5 Å². The number of aliphatic hydroxyl groups is 1. The van der Waals surface area contributed by atoms with Gasteiger partial charge in [-0.1, -0.05) is 17.7 Å². The van der Waals surface area contributed by atoms with E-state index in [0.29, 0.717) is 42.6 Å². The minimum Gasteiger partial charge on any atom is -0.491 e. The molecule has 2 aromatic rings. The van der Waals surface area contributed by atoms with E-state index in [1.807, 2.05) is 4.90 Å². The summed E-state index contributed by atoms with van der Waals surface area (Å²) in [5, 5.41) is 10.8. The standard InChI is InChI=1S/C19H20ClF2NO3.ClH/c20-14-2-4-16(5-3-14)26-12-15(24)10-23-7-8-25-19(11-23)13-1-6-17(21)18(22)9-13;/h1-6,9,15,19,24H,7-8,10-12H2;1H. The van der Waals surface area contributed by atoms with Gasteiger partial charge in [-0.25, -0.2) is 8.78 Å². The Bertz CT molecular complexity index is 733. The van der Waals surface area contributed by atoms with Gasteiger partial charge in [0.05, 0.1) is 12.7 Å². The van der Waals surface area contributed by atoms with E-state index in [1.165, 1.54) is 6.07 Å². The zero-order chi connectivity index (χ0) is 18.5. The summed E-state index contributed by atoms with van der Waals surface area (Å²) in [7, 11) is 0. The number of rotatable bonds is 6. The first kappa shape index (κ1) is 21.9. The van der Waals surface area contributed by atoms with Crippen molar-refractivity contribution in [2.24, 2.45) is 0 Å². The van der Waals surface area contributed by atoms with Crippen LogP contribution in [0.3, 0.4) is 0 Å². The van der Waals surface area contributed by atoms with Gasteiger partial charge in [0.25, 0.3) is 0 Å². The molecule has 4 nitrogen and oxygen atoms in total. The maximum Gasteiger partial charge on any atom is 0.159 e. The van der Waals surface area contributed by atoms with E-state index >= 15 is 0 Å². The Labute approximate surface area is 168 Å². The Morgan fingerprint density at radius 3 is 2.63 bits per heavy atom. The number of β-amino-alcohol motifs (C(OH)–C–C–N with tert-alkyl or cyclic N) is 1. The number of nitrogens with zero attached hydrogens (tertiary/aromatic N) is 1. The van der Waals surface area contributed by atoms with Crippen LogP contribution in [0.1, 0.15) is 11.7 Å². The van der Waals surface area contributed by atoms with E-state index in [4.69, 9.17) is 21.1 Å². The lowest BCUT2D eigenvalue weighted by molar-refractivity contribution is -0.0460. The Morgan fingerprint density at radius 1 is 1.19 bits per heavy atom. The first-order chi connectivity index (χ1) is 12.5. The number of hydrogen-bond acceptors (Lipinski definition) is 4. The average molecular weight is 420 g/mol. The van der Waals surface area contributed by atoms with Crippen molar-refractivity contribution >= 4 is 24.0 Å². The monoisotopic (exact) mass is 419 g/mol. The van der Waals surface area contributed by atoms with Crippen LogP contribution in [0.4, 0.5) is 8.78 Å². The van der Waals surface area contributed by atoms with Gasteiger partial charge in [-0.2, -0.15) is 0 Å². The highest BCUT2D eigenvalue weighted by Crippen LogP contribution is 2.24. The zero-order valence-corrected chi connectivity index (χ0v) is 16.1. The average Bonchev–Trinajstić information content (AvgIpc) is 2.64. The van der Waals surface area contributed by atoms with Crippen LogP contribution in [0.15, 0.2) is 42.5 Å². The van der Waals surface area contributed by atoms with Crippen molar-refractivity contribution in [3.05, 3.63) is 64.7 Å². The highest BCUT2D eigenvalue weighted by Gasteiger charge is 2.24. The van der Waals surface area contributed by atoms with Crippen LogP contribution >= 0.6 is 24.0 Å². The van der Waals surface area contributed by atoms with Crippen molar-refractivity contribution in [1.82, 2.24) is 4.90 Å². The van der Waals surface area contributed by atoms with Gasteiger partial charge in [-0.05, 0) is 42.0 Å². The first-order valence-electron chi connectivity index (χ1n) is 8.36. The van der Waals surface area contributed by atoms with Crippen LogP contribution in [0, 0.1) is 11.6 Å². The number of halogens is 4. The smallest absolute Gasteiger partial charge is 0.159 e. The molecule has 0 radical (unpaired) electrons. The molecule has 2 aromatic carbocycles. The molecule has 1 fully saturated rings. The van der Waals surface area contributed by atoms with Crippen molar-refractivity contribution in [2.75, 3.05) is 32.8 Å². The predicted octanol–water partition coefficient (Wildman–Crippen LogP) is 3.85. The molecule has 0 saturated carbocycles. The lowest BCUT2D eigenvalue weighted by Gasteiger charge is -2.34. The van der Waals surface area contributed by atoms with Gasteiger partial charge in [-0.15, -0.1) is 12.4 Å². The molecule has 0 amide bonds. The Balaban J connectivity index is 0.00000261. The fourth-order valence-electron chi connectivity index (χ4n) is 2.86. The molecule has 1 heterocycles. The first-order valence-corrected chi connectivity index (χ1v) is 8.74. The van der Waals surface area contributed by atoms with Crippen LogP contribution < -0.4 is 4.74 Å². The summed E-state index contributed by atoms with van der Waals surface area (Å²) in [6, 6.07) is 10.7. The fourth-order valence-corrected chi connectivity index (χ4v) is 2.98. The summed E-state index contributed by atoms with van der Waals surface area (Å²) in [4.78, 5) is 2.02. The van der Waals surface area contributed by atoms with Gasteiger partial charge in [0.2, 0.25) is 0 Å². The molecule has 1 saturated heterocycles. The number of benzene rings is 2. The van der Waals surface area contributed by atoms with E-state index in [9.17, 15) is 13.9 Å². The minimum absolute atomic E-state index is 0. The van der Waals surface area contributed by atoms with E-state index in [0.717, 1.165) is 12.1 Å². The summed E-state index contributed by atoms with van der Waals surface area (Å²) in [5.74, 6) is -1.13. The van der Waals surface area contributed by atoms with Gasteiger partial charge in [0, 0.05) is 24.7 Å². The molecular weight excluding hydrogens is 399 g/mol. The lowest BCUT2D eigenvalue weighted by Crippen LogP contribution is -2.43. The lowest BCUT2D eigenvalue weighted by atomic mass is 10.1. The molecule has 1 N–H and O–H groups in total. The third kappa shape index (κ3) is 6.30. The fraction of sp³-hybridized carbons (Fsp3) is 0.368.